The number of nitrogens with zero attached hydrogens (tertiary/aromatic N) is 1. The van der Waals surface area contributed by atoms with Crippen molar-refractivity contribution in [1.82, 2.24) is 0 Å². The van der Waals surface area contributed by atoms with Crippen LogP contribution in [0.4, 0.5) is 5.69 Å². The van der Waals surface area contributed by atoms with Crippen molar-refractivity contribution in [2.24, 2.45) is 0 Å². The maximum Gasteiger partial charge on any atom is 0.371 e. The number of ether oxygens (including phenoxy) is 1. The van der Waals surface area contributed by atoms with E-state index in [1.54, 1.807) is 11.0 Å². The Bertz CT molecular complexity index is 1060. The van der Waals surface area contributed by atoms with Crippen molar-refractivity contribution in [1.29, 1.82) is 0 Å². The van der Waals surface area contributed by atoms with Crippen LogP contribution in [0, 0.1) is 0 Å². The van der Waals surface area contributed by atoms with E-state index in [2.05, 4.69) is 0 Å². The molecule has 2 N–H and O–H groups in total. The minimum Gasteiger partial charge on any atom is -0.475 e. The average molecular weight is 435 g/mol. The lowest BCUT2D eigenvalue weighted by molar-refractivity contribution is -0.117. The highest BCUT2D eigenvalue weighted by Crippen LogP contribution is 2.29. The monoisotopic (exact) mass is 435 g/mol. The van der Waals surface area contributed by atoms with Gasteiger partial charge in [-0.1, -0.05) is 42.5 Å². The number of carboxylic acid groups (broad SMARTS) is 1. The molecule has 2 aromatic carbocycles. The second-order valence-corrected chi connectivity index (χ2v) is 7.84. The average Bonchev–Trinajstić information content (AvgIpc) is 3.42. The van der Waals surface area contributed by atoms with E-state index >= 15 is 0 Å². The Labute approximate surface area is 185 Å². The minimum absolute atomic E-state index is 0.0300. The van der Waals surface area contributed by atoms with Crippen LogP contribution in [0.2, 0.25) is 0 Å². The normalized spacial score (nSPS) is 17.0. The molecule has 1 saturated heterocycles. The molecule has 0 radical (unpaired) electrons. The summed E-state index contributed by atoms with van der Waals surface area (Å²) in [6.07, 6.45) is 1.02. The molecular weight excluding hydrogens is 410 g/mol. The SMILES string of the molecule is O=C(O)c1ccc(COCC2CCC(=O)N2c2ccc(C(O)Cc3ccccc3)cc2)o1. The summed E-state index contributed by atoms with van der Waals surface area (Å²) in [5.74, 6) is -0.797. The van der Waals surface area contributed by atoms with Crippen LogP contribution in [-0.2, 0) is 22.6 Å². The number of aromatic carboxylic acids is 1. The molecule has 4 rings (SSSR count). The van der Waals surface area contributed by atoms with Crippen molar-refractivity contribution in [3.8, 4) is 0 Å². The molecule has 1 amide bonds. The third-order valence-corrected chi connectivity index (χ3v) is 5.58. The molecular formula is C25H25NO6. The Balaban J connectivity index is 1.36. The molecule has 2 heterocycles. The third kappa shape index (κ3) is 5.07. The summed E-state index contributed by atoms with van der Waals surface area (Å²) in [5, 5.41) is 19.5. The number of carbonyl (C=O) groups is 2. The summed E-state index contributed by atoms with van der Waals surface area (Å²) in [6.45, 7) is 0.448. The minimum atomic E-state index is -1.12. The van der Waals surface area contributed by atoms with Crippen molar-refractivity contribution in [3.63, 3.8) is 0 Å². The first-order chi connectivity index (χ1) is 15.5. The maximum atomic E-state index is 12.5. The number of hydrogen-bond donors (Lipinski definition) is 2. The Kier molecular flexibility index (Phi) is 6.68. The van der Waals surface area contributed by atoms with Gasteiger partial charge in [0.1, 0.15) is 12.4 Å². The maximum absolute atomic E-state index is 12.5. The highest BCUT2D eigenvalue weighted by Gasteiger charge is 2.32. The first kappa shape index (κ1) is 21.8. The standard InChI is InChI=1S/C25H25NO6/c27-22(14-17-4-2-1-3-5-17)18-6-8-19(9-7-18)26-20(10-13-24(26)28)15-31-16-21-11-12-23(32-21)25(29)30/h1-9,11-12,20,22,27H,10,13-16H2,(H,29,30). The second kappa shape index (κ2) is 9.80. The molecule has 3 aromatic rings. The van der Waals surface area contributed by atoms with Crippen LogP contribution in [0.1, 0.15) is 46.4 Å². The highest BCUT2D eigenvalue weighted by molar-refractivity contribution is 5.96. The lowest BCUT2D eigenvalue weighted by Gasteiger charge is -2.25. The molecule has 1 aliphatic heterocycles. The number of furan rings is 1. The number of carbonyl (C=O) groups excluding carboxylic acids is 1. The number of hydrogen-bond acceptors (Lipinski definition) is 5. The number of anilines is 1. The lowest BCUT2D eigenvalue weighted by atomic mass is 10.0. The first-order valence-electron chi connectivity index (χ1n) is 10.5. The molecule has 1 fully saturated rings. The summed E-state index contributed by atoms with van der Waals surface area (Å²) in [6, 6.07) is 20.1. The van der Waals surface area contributed by atoms with E-state index in [-0.39, 0.29) is 24.3 Å². The fourth-order valence-corrected chi connectivity index (χ4v) is 3.93. The zero-order chi connectivity index (χ0) is 22.5. The van der Waals surface area contributed by atoms with Gasteiger partial charge >= 0.3 is 5.97 Å². The second-order valence-electron chi connectivity index (χ2n) is 7.84. The van der Waals surface area contributed by atoms with Gasteiger partial charge in [0.2, 0.25) is 11.7 Å². The number of amides is 1. The van der Waals surface area contributed by atoms with Crippen molar-refractivity contribution in [3.05, 3.63) is 89.4 Å². The first-order valence-corrected chi connectivity index (χ1v) is 10.5. The molecule has 1 aromatic heterocycles. The van der Waals surface area contributed by atoms with E-state index in [0.717, 1.165) is 16.8 Å². The van der Waals surface area contributed by atoms with Gasteiger partial charge in [0.15, 0.2) is 0 Å². The zero-order valence-electron chi connectivity index (χ0n) is 17.5. The number of aliphatic hydroxyl groups is 1. The van der Waals surface area contributed by atoms with Crippen molar-refractivity contribution in [2.45, 2.75) is 38.0 Å². The Morgan fingerprint density at radius 1 is 1.09 bits per heavy atom. The fourth-order valence-electron chi connectivity index (χ4n) is 3.93. The molecule has 0 bridgehead atoms. The van der Waals surface area contributed by atoms with E-state index < -0.39 is 12.1 Å². The molecule has 0 aliphatic carbocycles. The summed E-state index contributed by atoms with van der Waals surface area (Å²) in [4.78, 5) is 25.1. The van der Waals surface area contributed by atoms with Crippen LogP contribution in [0.25, 0.3) is 0 Å². The van der Waals surface area contributed by atoms with Crippen LogP contribution < -0.4 is 4.90 Å². The van der Waals surface area contributed by atoms with Gasteiger partial charge in [-0.3, -0.25) is 4.79 Å². The zero-order valence-corrected chi connectivity index (χ0v) is 17.5. The molecule has 166 valence electrons. The van der Waals surface area contributed by atoms with Crippen LogP contribution in [0.5, 0.6) is 0 Å². The number of aliphatic hydroxyl groups excluding tert-OH is 1. The molecule has 7 heteroatoms. The summed E-state index contributed by atoms with van der Waals surface area (Å²) in [5.41, 5.74) is 2.62. The fraction of sp³-hybridized carbons (Fsp3) is 0.280. The van der Waals surface area contributed by atoms with Crippen LogP contribution in [0.3, 0.4) is 0 Å². The van der Waals surface area contributed by atoms with E-state index in [9.17, 15) is 14.7 Å². The van der Waals surface area contributed by atoms with E-state index in [4.69, 9.17) is 14.3 Å². The number of rotatable bonds is 9. The molecule has 0 spiro atoms. The molecule has 0 saturated carbocycles. The van der Waals surface area contributed by atoms with Gasteiger partial charge in [0, 0.05) is 18.5 Å². The molecule has 2 unspecified atom stereocenters. The van der Waals surface area contributed by atoms with E-state index in [1.807, 2.05) is 54.6 Å². The van der Waals surface area contributed by atoms with E-state index in [0.29, 0.717) is 31.6 Å². The quantitative estimate of drug-likeness (QED) is 0.528. The molecule has 1 aliphatic rings. The lowest BCUT2D eigenvalue weighted by Crippen LogP contribution is -2.36. The van der Waals surface area contributed by atoms with Crippen LogP contribution in [0.15, 0.2) is 71.1 Å². The van der Waals surface area contributed by atoms with Crippen molar-refractivity contribution < 1.29 is 29.0 Å². The Hall–Kier alpha value is -3.42. The van der Waals surface area contributed by atoms with Crippen molar-refractivity contribution in [2.75, 3.05) is 11.5 Å². The van der Waals surface area contributed by atoms with Crippen molar-refractivity contribution >= 4 is 17.6 Å². The smallest absolute Gasteiger partial charge is 0.371 e. The van der Waals surface area contributed by atoms with Crippen LogP contribution >= 0.6 is 0 Å². The predicted octanol–water partition coefficient (Wildman–Crippen LogP) is 3.97. The van der Waals surface area contributed by atoms with Gasteiger partial charge < -0.3 is 24.3 Å². The van der Waals surface area contributed by atoms with Gasteiger partial charge in [-0.2, -0.15) is 0 Å². The highest BCUT2D eigenvalue weighted by atomic mass is 16.5. The summed E-state index contributed by atoms with van der Waals surface area (Å²) < 4.78 is 10.9. The Morgan fingerprint density at radius 2 is 1.84 bits per heavy atom. The van der Waals surface area contributed by atoms with Gasteiger partial charge in [-0.15, -0.1) is 0 Å². The number of carboxylic acids is 1. The summed E-state index contributed by atoms with van der Waals surface area (Å²) in [7, 11) is 0. The van der Waals surface area contributed by atoms with Gasteiger partial charge in [0.05, 0.1) is 18.8 Å². The molecule has 32 heavy (non-hydrogen) atoms. The predicted molar refractivity (Wildman–Crippen MR) is 117 cm³/mol. The van der Waals surface area contributed by atoms with E-state index in [1.165, 1.54) is 6.07 Å². The Morgan fingerprint density at radius 3 is 2.53 bits per heavy atom. The molecule has 7 nitrogen and oxygen atoms in total. The van der Waals surface area contributed by atoms with Gasteiger partial charge in [-0.25, -0.2) is 4.79 Å². The van der Waals surface area contributed by atoms with Gasteiger partial charge in [0.25, 0.3) is 0 Å². The third-order valence-electron chi connectivity index (χ3n) is 5.58. The summed E-state index contributed by atoms with van der Waals surface area (Å²) >= 11 is 0. The topological polar surface area (TPSA) is 100 Å². The molecule has 2 atom stereocenters. The largest absolute Gasteiger partial charge is 0.475 e. The van der Waals surface area contributed by atoms with Gasteiger partial charge in [-0.05, 0) is 41.8 Å². The number of benzene rings is 2. The van der Waals surface area contributed by atoms with Crippen LogP contribution in [-0.4, -0.2) is 34.7 Å².